The van der Waals surface area contributed by atoms with Gasteiger partial charge in [0.1, 0.15) is 0 Å². The summed E-state index contributed by atoms with van der Waals surface area (Å²) < 4.78 is 6.65. The van der Waals surface area contributed by atoms with Crippen LogP contribution in [0.15, 0.2) is 35.8 Å². The number of likely N-dealkylation sites (tertiary alicyclic amines) is 1. The van der Waals surface area contributed by atoms with Crippen LogP contribution in [-0.2, 0) is 16.7 Å². The van der Waals surface area contributed by atoms with Gasteiger partial charge < -0.3 is 4.74 Å². The normalized spacial score (nSPS) is 27.6. The molecule has 4 heterocycles. The zero-order chi connectivity index (χ0) is 20.7. The van der Waals surface area contributed by atoms with Crippen molar-refractivity contribution >= 4 is 11.3 Å². The molecule has 0 bridgehead atoms. The number of nitrogens with zero attached hydrogens (tertiary/aromatic N) is 2. The second-order valence-corrected chi connectivity index (χ2v) is 11.3. The molecule has 4 rings (SSSR count). The van der Waals surface area contributed by atoms with E-state index in [9.17, 15) is 0 Å². The Balaban J connectivity index is 1.56. The van der Waals surface area contributed by atoms with Crippen LogP contribution in [0.3, 0.4) is 0 Å². The molecule has 0 aliphatic carbocycles. The quantitative estimate of drug-likeness (QED) is 0.584. The van der Waals surface area contributed by atoms with Gasteiger partial charge in [0, 0.05) is 34.3 Å². The van der Waals surface area contributed by atoms with Gasteiger partial charge in [-0.1, -0.05) is 12.1 Å². The lowest BCUT2D eigenvalue weighted by Gasteiger charge is -2.40. The molecule has 0 N–H and O–H groups in total. The first-order chi connectivity index (χ1) is 13.7. The number of hydrogen-bond acceptors (Lipinski definition) is 4. The van der Waals surface area contributed by atoms with Gasteiger partial charge in [-0.2, -0.15) is 0 Å². The highest BCUT2D eigenvalue weighted by molar-refractivity contribution is 7.09. The number of aromatic nitrogens is 1. The highest BCUT2D eigenvalue weighted by atomic mass is 32.1. The Hall–Kier alpha value is -1.23. The van der Waals surface area contributed by atoms with Gasteiger partial charge in [-0.15, -0.1) is 11.3 Å². The van der Waals surface area contributed by atoms with Crippen molar-refractivity contribution in [1.82, 2.24) is 9.88 Å². The van der Waals surface area contributed by atoms with Gasteiger partial charge in [-0.05, 0) is 96.3 Å². The fourth-order valence-electron chi connectivity index (χ4n) is 5.25. The van der Waals surface area contributed by atoms with E-state index in [1.165, 1.54) is 36.1 Å². The molecular weight excluding hydrogens is 376 g/mol. The summed E-state index contributed by atoms with van der Waals surface area (Å²) in [6.07, 6.45) is 8.40. The largest absolute Gasteiger partial charge is 0.372 e. The molecule has 0 amide bonds. The van der Waals surface area contributed by atoms with Crippen molar-refractivity contribution in [3.8, 4) is 0 Å². The first kappa shape index (κ1) is 21.0. The second-order valence-electron chi connectivity index (χ2n) is 10.3. The highest BCUT2D eigenvalue weighted by Gasteiger charge is 2.51. The summed E-state index contributed by atoms with van der Waals surface area (Å²) in [6, 6.07) is 8.85. The summed E-state index contributed by atoms with van der Waals surface area (Å²) >= 11 is 1.89. The van der Waals surface area contributed by atoms with Gasteiger partial charge in [-0.3, -0.25) is 9.88 Å². The summed E-state index contributed by atoms with van der Waals surface area (Å²) in [4.78, 5) is 8.75. The molecule has 2 aromatic heterocycles. The number of pyridine rings is 1. The zero-order valence-corrected chi connectivity index (χ0v) is 19.5. The van der Waals surface area contributed by atoms with Crippen molar-refractivity contribution in [1.29, 1.82) is 0 Å². The molecule has 0 radical (unpaired) electrons. The number of rotatable bonds is 6. The average Bonchev–Trinajstić information content (AvgIpc) is 3.40. The van der Waals surface area contributed by atoms with Crippen molar-refractivity contribution in [3.05, 3.63) is 52.0 Å². The Morgan fingerprint density at radius 2 is 2.07 bits per heavy atom. The van der Waals surface area contributed by atoms with Crippen LogP contribution in [0.4, 0.5) is 0 Å². The molecule has 2 fully saturated rings. The Morgan fingerprint density at radius 1 is 1.24 bits per heavy atom. The van der Waals surface area contributed by atoms with Crippen molar-refractivity contribution in [2.45, 2.75) is 84.0 Å². The maximum Gasteiger partial charge on any atom is 0.0652 e. The van der Waals surface area contributed by atoms with Crippen molar-refractivity contribution in [2.75, 3.05) is 13.1 Å². The Morgan fingerprint density at radius 3 is 2.69 bits per heavy atom. The van der Waals surface area contributed by atoms with E-state index in [1.54, 1.807) is 0 Å². The van der Waals surface area contributed by atoms with Gasteiger partial charge >= 0.3 is 0 Å². The van der Waals surface area contributed by atoms with Crippen LogP contribution in [0.25, 0.3) is 0 Å². The number of hydrogen-bond donors (Lipinski definition) is 0. The number of ether oxygens (including phenoxy) is 1. The molecular formula is C25H36N2OS. The Bertz CT molecular complexity index is 812. The molecule has 158 valence electrons. The van der Waals surface area contributed by atoms with Gasteiger partial charge in [-0.25, -0.2) is 0 Å². The predicted octanol–water partition coefficient (Wildman–Crippen LogP) is 5.97. The molecule has 0 spiro atoms. The van der Waals surface area contributed by atoms with Crippen LogP contribution < -0.4 is 0 Å². The third-order valence-electron chi connectivity index (χ3n) is 7.40. The van der Waals surface area contributed by atoms with E-state index < -0.39 is 0 Å². The van der Waals surface area contributed by atoms with Crippen molar-refractivity contribution < 1.29 is 4.74 Å². The Labute approximate surface area is 180 Å². The summed E-state index contributed by atoms with van der Waals surface area (Å²) in [5, 5.41) is 2.20. The van der Waals surface area contributed by atoms with E-state index >= 15 is 0 Å². The van der Waals surface area contributed by atoms with Crippen LogP contribution >= 0.6 is 11.3 Å². The van der Waals surface area contributed by atoms with Gasteiger partial charge in [0.2, 0.25) is 0 Å². The fraction of sp³-hybridized carbons (Fsp3) is 0.640. The van der Waals surface area contributed by atoms with Crippen LogP contribution in [-0.4, -0.2) is 34.7 Å². The van der Waals surface area contributed by atoms with Crippen LogP contribution in [0.2, 0.25) is 0 Å². The molecule has 4 heteroatoms. The number of aryl methyl sites for hydroxylation is 2. The summed E-state index contributed by atoms with van der Waals surface area (Å²) in [7, 11) is 0. The molecule has 0 saturated carbocycles. The SMILES string of the molecule is Cc1ccc(C(C)(C)N2CCC(CCc3cccs3)(C3CCC(C)(C)O3)C2)cn1. The minimum absolute atomic E-state index is 0.0144. The maximum atomic E-state index is 6.65. The van der Waals surface area contributed by atoms with Crippen molar-refractivity contribution in [3.63, 3.8) is 0 Å². The molecule has 0 aromatic carbocycles. The van der Waals surface area contributed by atoms with Gasteiger partial charge in [0.15, 0.2) is 0 Å². The number of thiophene rings is 1. The van der Waals surface area contributed by atoms with E-state index in [0.29, 0.717) is 6.10 Å². The molecule has 3 nitrogen and oxygen atoms in total. The minimum atomic E-state index is -0.0144. The molecule has 2 aromatic rings. The van der Waals surface area contributed by atoms with E-state index in [4.69, 9.17) is 4.74 Å². The first-order valence-corrected chi connectivity index (χ1v) is 12.0. The van der Waals surface area contributed by atoms with Gasteiger partial charge in [0.05, 0.1) is 11.7 Å². The van der Waals surface area contributed by atoms with E-state index in [0.717, 1.165) is 25.2 Å². The van der Waals surface area contributed by atoms with Gasteiger partial charge in [0.25, 0.3) is 0 Å². The van der Waals surface area contributed by atoms with Crippen molar-refractivity contribution in [2.24, 2.45) is 5.41 Å². The Kier molecular flexibility index (Phi) is 5.65. The standard InChI is InChI=1S/C25H36N2OS/c1-19-8-9-20(17-26-19)24(4,5)27-15-14-25(18-27,13-10-21-7-6-16-29-21)22-11-12-23(2,3)28-22/h6-9,16-17,22H,10-15,18H2,1-5H3. The van der Waals surface area contributed by atoms with E-state index in [-0.39, 0.29) is 16.6 Å². The molecule has 2 saturated heterocycles. The average molecular weight is 413 g/mol. The summed E-state index contributed by atoms with van der Waals surface area (Å²) in [6.45, 7) is 13.5. The van der Waals surface area contributed by atoms with E-state index in [2.05, 4.69) is 80.3 Å². The lowest BCUT2D eigenvalue weighted by Crippen LogP contribution is -2.45. The molecule has 29 heavy (non-hydrogen) atoms. The van der Waals surface area contributed by atoms with Crippen LogP contribution in [0.1, 0.15) is 69.5 Å². The maximum absolute atomic E-state index is 6.65. The first-order valence-electron chi connectivity index (χ1n) is 11.1. The lowest BCUT2D eigenvalue weighted by molar-refractivity contribution is -0.0787. The molecule has 2 aliphatic rings. The third kappa shape index (κ3) is 4.30. The molecule has 2 atom stereocenters. The summed E-state index contributed by atoms with van der Waals surface area (Å²) in [5.74, 6) is 0. The molecule has 2 unspecified atom stereocenters. The molecule has 2 aliphatic heterocycles. The smallest absolute Gasteiger partial charge is 0.0652 e. The predicted molar refractivity (Wildman–Crippen MR) is 121 cm³/mol. The zero-order valence-electron chi connectivity index (χ0n) is 18.7. The second kappa shape index (κ2) is 7.79. The third-order valence-corrected chi connectivity index (χ3v) is 8.33. The van der Waals surface area contributed by atoms with Crippen LogP contribution in [0.5, 0.6) is 0 Å². The minimum Gasteiger partial charge on any atom is -0.372 e. The fourth-order valence-corrected chi connectivity index (χ4v) is 5.96. The lowest BCUT2D eigenvalue weighted by atomic mass is 9.75. The highest BCUT2D eigenvalue weighted by Crippen LogP contribution is 2.49. The summed E-state index contributed by atoms with van der Waals surface area (Å²) in [5.41, 5.74) is 2.64. The monoisotopic (exact) mass is 412 g/mol. The van der Waals surface area contributed by atoms with E-state index in [1.807, 2.05) is 11.3 Å². The topological polar surface area (TPSA) is 25.4 Å². The van der Waals surface area contributed by atoms with Crippen LogP contribution in [0, 0.1) is 12.3 Å².